The highest BCUT2D eigenvalue weighted by Gasteiger charge is 2.29. The third-order valence-corrected chi connectivity index (χ3v) is 4.93. The molecule has 0 saturated carbocycles. The minimum atomic E-state index is 0.0422. The highest BCUT2D eigenvalue weighted by atomic mass is 32.2. The second-order valence-electron chi connectivity index (χ2n) is 5.01. The minimum Gasteiger partial charge on any atom is -0.355 e. The molecule has 1 aromatic carbocycles. The summed E-state index contributed by atoms with van der Waals surface area (Å²) in [6.45, 7) is 2.94. The molecule has 0 aromatic heterocycles. The molecule has 2 aliphatic rings. The molecule has 96 valence electrons. The lowest BCUT2D eigenvalue weighted by atomic mass is 10.00. The molecule has 1 saturated heterocycles. The molecule has 1 aromatic rings. The van der Waals surface area contributed by atoms with Crippen LogP contribution in [0.3, 0.4) is 0 Å². The predicted octanol–water partition coefficient (Wildman–Crippen LogP) is 1.60. The Hall–Kier alpha value is -1.00. The van der Waals surface area contributed by atoms with Crippen molar-refractivity contribution in [3.05, 3.63) is 29.8 Å². The van der Waals surface area contributed by atoms with Crippen molar-refractivity contribution in [3.8, 4) is 0 Å². The Morgan fingerprint density at radius 3 is 3.17 bits per heavy atom. The van der Waals surface area contributed by atoms with Gasteiger partial charge in [0.05, 0.1) is 5.92 Å². The molecular weight excluding hydrogens is 244 g/mol. The Morgan fingerprint density at radius 1 is 1.44 bits per heavy atom. The van der Waals surface area contributed by atoms with E-state index < -0.39 is 0 Å². The monoisotopic (exact) mass is 262 g/mol. The van der Waals surface area contributed by atoms with Crippen LogP contribution < -0.4 is 10.6 Å². The lowest BCUT2D eigenvalue weighted by molar-refractivity contribution is -0.122. The topological polar surface area (TPSA) is 41.1 Å². The van der Waals surface area contributed by atoms with Gasteiger partial charge in [-0.1, -0.05) is 18.2 Å². The van der Waals surface area contributed by atoms with Gasteiger partial charge in [0, 0.05) is 17.2 Å². The molecule has 2 heterocycles. The van der Waals surface area contributed by atoms with Crippen LogP contribution in [0.4, 0.5) is 0 Å². The number of fused-ring (bicyclic) bond motifs is 1. The number of amides is 1. The largest absolute Gasteiger partial charge is 0.355 e. The molecule has 3 rings (SSSR count). The number of nitrogens with one attached hydrogen (secondary N) is 2. The van der Waals surface area contributed by atoms with Crippen molar-refractivity contribution in [1.29, 1.82) is 0 Å². The van der Waals surface area contributed by atoms with Gasteiger partial charge in [-0.2, -0.15) is 0 Å². The number of hydrogen-bond acceptors (Lipinski definition) is 3. The van der Waals surface area contributed by atoms with Crippen LogP contribution in [0.1, 0.15) is 17.9 Å². The van der Waals surface area contributed by atoms with E-state index in [-0.39, 0.29) is 11.8 Å². The second kappa shape index (κ2) is 5.33. The Balaban J connectivity index is 1.60. The van der Waals surface area contributed by atoms with E-state index in [0.29, 0.717) is 5.92 Å². The number of thioether (sulfide) groups is 1. The van der Waals surface area contributed by atoms with Gasteiger partial charge in [-0.15, -0.1) is 11.8 Å². The smallest absolute Gasteiger partial charge is 0.228 e. The lowest BCUT2D eigenvalue weighted by Gasteiger charge is -2.14. The first-order valence-electron chi connectivity index (χ1n) is 6.55. The summed E-state index contributed by atoms with van der Waals surface area (Å²) in [5, 5.41) is 6.44. The molecule has 3 nitrogen and oxygen atoms in total. The summed E-state index contributed by atoms with van der Waals surface area (Å²) in [6.07, 6.45) is 1.18. The fraction of sp³-hybridized carbons (Fsp3) is 0.500. The van der Waals surface area contributed by atoms with Gasteiger partial charge in [0.15, 0.2) is 0 Å². The molecule has 2 unspecified atom stereocenters. The summed E-state index contributed by atoms with van der Waals surface area (Å²) >= 11 is 1.79. The van der Waals surface area contributed by atoms with Gasteiger partial charge in [0.25, 0.3) is 0 Å². The minimum absolute atomic E-state index is 0.0422. The zero-order valence-electron chi connectivity index (χ0n) is 10.3. The van der Waals surface area contributed by atoms with Gasteiger partial charge in [-0.3, -0.25) is 4.79 Å². The molecule has 2 aliphatic heterocycles. The van der Waals surface area contributed by atoms with Crippen molar-refractivity contribution >= 4 is 17.7 Å². The quantitative estimate of drug-likeness (QED) is 0.869. The van der Waals surface area contributed by atoms with E-state index in [9.17, 15) is 4.79 Å². The van der Waals surface area contributed by atoms with Gasteiger partial charge in [-0.05, 0) is 37.1 Å². The van der Waals surface area contributed by atoms with Crippen molar-refractivity contribution < 1.29 is 4.79 Å². The first-order chi connectivity index (χ1) is 8.84. The van der Waals surface area contributed by atoms with Gasteiger partial charge in [-0.25, -0.2) is 0 Å². The van der Waals surface area contributed by atoms with Crippen molar-refractivity contribution in [1.82, 2.24) is 10.6 Å². The van der Waals surface area contributed by atoms with E-state index in [1.807, 2.05) is 12.1 Å². The average Bonchev–Trinajstić information content (AvgIpc) is 3.05. The first kappa shape index (κ1) is 12.1. The van der Waals surface area contributed by atoms with Gasteiger partial charge in [0.2, 0.25) is 5.91 Å². The third-order valence-electron chi connectivity index (χ3n) is 3.74. The van der Waals surface area contributed by atoms with E-state index in [1.165, 1.54) is 16.9 Å². The summed E-state index contributed by atoms with van der Waals surface area (Å²) in [7, 11) is 0. The molecule has 0 radical (unpaired) electrons. The van der Waals surface area contributed by atoms with Crippen LogP contribution in [-0.4, -0.2) is 31.3 Å². The Labute approximate surface area is 112 Å². The Kier molecular flexibility index (Phi) is 3.57. The number of carbonyl (C=O) groups is 1. The highest BCUT2D eigenvalue weighted by molar-refractivity contribution is 7.99. The first-order valence-corrected chi connectivity index (χ1v) is 7.53. The number of benzene rings is 1. The molecule has 1 fully saturated rings. The van der Waals surface area contributed by atoms with Crippen molar-refractivity contribution in [2.24, 2.45) is 5.92 Å². The summed E-state index contributed by atoms with van der Waals surface area (Å²) in [5.41, 5.74) is 1.20. The van der Waals surface area contributed by atoms with E-state index in [2.05, 4.69) is 22.8 Å². The van der Waals surface area contributed by atoms with Crippen molar-refractivity contribution in [2.45, 2.75) is 17.2 Å². The number of hydrogen-bond donors (Lipinski definition) is 2. The van der Waals surface area contributed by atoms with Crippen LogP contribution in [0, 0.1) is 5.92 Å². The van der Waals surface area contributed by atoms with Crippen LogP contribution >= 0.6 is 11.8 Å². The van der Waals surface area contributed by atoms with Crippen LogP contribution in [0.2, 0.25) is 0 Å². The van der Waals surface area contributed by atoms with E-state index in [4.69, 9.17) is 0 Å². The predicted molar refractivity (Wildman–Crippen MR) is 73.9 cm³/mol. The van der Waals surface area contributed by atoms with Crippen molar-refractivity contribution in [2.75, 3.05) is 25.4 Å². The Morgan fingerprint density at radius 2 is 2.33 bits per heavy atom. The molecule has 1 amide bonds. The van der Waals surface area contributed by atoms with Gasteiger partial charge >= 0.3 is 0 Å². The van der Waals surface area contributed by atoms with Crippen molar-refractivity contribution in [3.63, 3.8) is 0 Å². The zero-order valence-corrected chi connectivity index (χ0v) is 11.1. The fourth-order valence-corrected chi connectivity index (χ4v) is 3.87. The summed E-state index contributed by atoms with van der Waals surface area (Å²) < 4.78 is 0. The van der Waals surface area contributed by atoms with Crippen LogP contribution in [0.25, 0.3) is 0 Å². The standard InChI is InChI=1S/C14H18N2OS/c17-14(16-8-10-5-6-15-7-10)12-9-18-13-4-2-1-3-11(12)13/h1-4,10,12,15H,5-9H2,(H,16,17). The summed E-state index contributed by atoms with van der Waals surface area (Å²) in [5.74, 6) is 1.73. The Bertz CT molecular complexity index is 443. The third kappa shape index (κ3) is 2.40. The fourth-order valence-electron chi connectivity index (χ4n) is 2.64. The SMILES string of the molecule is O=C(NCC1CCNC1)C1CSc2ccccc21. The maximum absolute atomic E-state index is 12.2. The average molecular weight is 262 g/mol. The van der Waals surface area contributed by atoms with E-state index in [0.717, 1.165) is 25.4 Å². The molecule has 2 N–H and O–H groups in total. The van der Waals surface area contributed by atoms with Crippen LogP contribution in [0.15, 0.2) is 29.2 Å². The number of carbonyl (C=O) groups excluding carboxylic acids is 1. The molecular formula is C14H18N2OS. The maximum atomic E-state index is 12.2. The maximum Gasteiger partial charge on any atom is 0.228 e. The highest BCUT2D eigenvalue weighted by Crippen LogP contribution is 2.39. The van der Waals surface area contributed by atoms with Gasteiger partial charge < -0.3 is 10.6 Å². The molecule has 0 aliphatic carbocycles. The number of rotatable bonds is 3. The van der Waals surface area contributed by atoms with E-state index in [1.54, 1.807) is 11.8 Å². The van der Waals surface area contributed by atoms with Crippen LogP contribution in [0.5, 0.6) is 0 Å². The molecule has 4 heteroatoms. The normalized spacial score (nSPS) is 26.0. The molecule has 18 heavy (non-hydrogen) atoms. The molecule has 2 atom stereocenters. The molecule has 0 spiro atoms. The second-order valence-corrected chi connectivity index (χ2v) is 6.07. The van der Waals surface area contributed by atoms with E-state index >= 15 is 0 Å². The molecule has 0 bridgehead atoms. The van der Waals surface area contributed by atoms with Crippen LogP contribution in [-0.2, 0) is 4.79 Å². The zero-order chi connectivity index (χ0) is 12.4. The summed E-state index contributed by atoms with van der Waals surface area (Å²) in [4.78, 5) is 13.5. The van der Waals surface area contributed by atoms with Gasteiger partial charge in [0.1, 0.15) is 0 Å². The lowest BCUT2D eigenvalue weighted by Crippen LogP contribution is -2.34. The summed E-state index contributed by atoms with van der Waals surface area (Å²) in [6, 6.07) is 8.24.